The minimum absolute atomic E-state index is 0.209. The van der Waals surface area contributed by atoms with Crippen LogP contribution in [-0.2, 0) is 0 Å². The summed E-state index contributed by atoms with van der Waals surface area (Å²) in [5, 5.41) is 12.2. The van der Waals surface area contributed by atoms with Gasteiger partial charge in [-0.1, -0.05) is 11.6 Å². The van der Waals surface area contributed by atoms with E-state index in [9.17, 15) is 0 Å². The van der Waals surface area contributed by atoms with Crippen molar-refractivity contribution in [3.63, 3.8) is 0 Å². The van der Waals surface area contributed by atoms with Gasteiger partial charge in [-0.2, -0.15) is 0 Å². The summed E-state index contributed by atoms with van der Waals surface area (Å²) in [6.07, 6.45) is 4.49. The molecular weight excluding hydrogens is 150 g/mol. The van der Waals surface area contributed by atoms with E-state index in [2.05, 4.69) is 32.2 Å². The molecule has 1 heterocycles. The van der Waals surface area contributed by atoms with Crippen molar-refractivity contribution >= 4 is 0 Å². The summed E-state index contributed by atoms with van der Waals surface area (Å²) in [4.78, 5) is 0. The van der Waals surface area contributed by atoms with Crippen molar-refractivity contribution in [2.45, 2.75) is 45.2 Å². The van der Waals surface area contributed by atoms with E-state index in [1.807, 2.05) is 0 Å². The Morgan fingerprint density at radius 2 is 2.25 bits per heavy atom. The van der Waals surface area contributed by atoms with Gasteiger partial charge in [0.05, 0.1) is 6.61 Å². The van der Waals surface area contributed by atoms with Crippen molar-refractivity contribution in [2.75, 3.05) is 6.61 Å². The molecule has 0 saturated carbocycles. The Hall–Kier alpha value is -0.340. The maximum absolute atomic E-state index is 8.87. The molecule has 0 aromatic rings. The summed E-state index contributed by atoms with van der Waals surface area (Å²) < 4.78 is 0. The first-order chi connectivity index (χ1) is 5.58. The molecule has 1 fully saturated rings. The zero-order valence-corrected chi connectivity index (χ0v) is 8.22. The van der Waals surface area contributed by atoms with Crippen molar-refractivity contribution in [3.8, 4) is 0 Å². The monoisotopic (exact) mass is 169 g/mol. The van der Waals surface area contributed by atoms with Crippen LogP contribution in [0.25, 0.3) is 0 Å². The molecule has 0 aromatic carbocycles. The molecule has 0 aromatic heterocycles. The third-order valence-corrected chi connectivity index (χ3v) is 2.59. The van der Waals surface area contributed by atoms with E-state index in [1.54, 1.807) is 0 Å². The van der Waals surface area contributed by atoms with Crippen LogP contribution < -0.4 is 5.32 Å². The highest BCUT2D eigenvalue weighted by atomic mass is 16.3. The maximum atomic E-state index is 8.87. The topological polar surface area (TPSA) is 42.2 Å². The van der Waals surface area contributed by atoms with Crippen LogP contribution in [0.15, 0.2) is 11.6 Å². The van der Waals surface area contributed by atoms with E-state index in [0.717, 1.165) is 12.8 Å². The number of aliphatic hydroxyl groups excluding tert-OH is 1. The molecular formula is C10H19NO. The molecule has 1 aliphatic rings. The van der Waals surface area contributed by atoms with Crippen LogP contribution in [0, 0.1) is 0 Å². The normalized spacial score (nSPS) is 33.2. The lowest BCUT2D eigenvalue weighted by atomic mass is 10.0. The van der Waals surface area contributed by atoms with Crippen LogP contribution in [0.3, 0.4) is 0 Å². The smallest absolute Gasteiger partial charge is 0.0602 e. The summed E-state index contributed by atoms with van der Waals surface area (Å²) in [5.41, 5.74) is 1.58. The van der Waals surface area contributed by atoms with Gasteiger partial charge in [0.25, 0.3) is 0 Å². The van der Waals surface area contributed by atoms with Gasteiger partial charge in [-0.05, 0) is 33.6 Å². The molecule has 0 radical (unpaired) electrons. The van der Waals surface area contributed by atoms with Gasteiger partial charge in [0, 0.05) is 11.6 Å². The van der Waals surface area contributed by atoms with Crippen LogP contribution >= 0.6 is 0 Å². The second kappa shape index (κ2) is 3.58. The van der Waals surface area contributed by atoms with Crippen LogP contribution in [0.2, 0.25) is 0 Å². The van der Waals surface area contributed by atoms with Gasteiger partial charge in [-0.25, -0.2) is 0 Å². The summed E-state index contributed by atoms with van der Waals surface area (Å²) in [6, 6.07) is 0.336. The molecule has 0 bridgehead atoms. The Morgan fingerprint density at radius 3 is 2.67 bits per heavy atom. The highest BCUT2D eigenvalue weighted by Gasteiger charge is 2.47. The van der Waals surface area contributed by atoms with Gasteiger partial charge in [-0.3, -0.25) is 0 Å². The van der Waals surface area contributed by atoms with Gasteiger partial charge in [0.15, 0.2) is 0 Å². The lowest BCUT2D eigenvalue weighted by Crippen LogP contribution is -2.12. The summed E-state index contributed by atoms with van der Waals surface area (Å²) in [7, 11) is 0. The predicted octanol–water partition coefficient (Wildman–Crippen LogP) is 1.46. The first kappa shape index (κ1) is 9.75. The molecule has 2 N–H and O–H groups in total. The fraction of sp³-hybridized carbons (Fsp3) is 0.800. The molecule has 0 aliphatic carbocycles. The molecule has 1 aliphatic heterocycles. The minimum atomic E-state index is 0.209. The van der Waals surface area contributed by atoms with Crippen molar-refractivity contribution in [2.24, 2.45) is 0 Å². The maximum Gasteiger partial charge on any atom is 0.0602 e. The lowest BCUT2D eigenvalue weighted by Gasteiger charge is -2.05. The predicted molar refractivity (Wildman–Crippen MR) is 51.1 cm³/mol. The Morgan fingerprint density at radius 1 is 1.58 bits per heavy atom. The average molecular weight is 169 g/mol. The quantitative estimate of drug-likeness (QED) is 0.494. The molecule has 2 atom stereocenters. The number of nitrogens with one attached hydrogen (secondary N) is 1. The molecule has 1 saturated heterocycles. The number of hydrogen-bond donors (Lipinski definition) is 2. The standard InChI is InChI=1S/C10H19NO/c1-8(2)5-4-6-10(3)9(7-12)11-10/h5,9,11-12H,4,6-7H2,1-3H3/t9-,10+/m0/s1. The lowest BCUT2D eigenvalue weighted by molar-refractivity contribution is 0.288. The van der Waals surface area contributed by atoms with Crippen molar-refractivity contribution in [3.05, 3.63) is 11.6 Å². The van der Waals surface area contributed by atoms with E-state index in [0.29, 0.717) is 6.04 Å². The first-order valence-electron chi connectivity index (χ1n) is 4.60. The average Bonchev–Trinajstić information content (AvgIpc) is 2.61. The Labute approximate surface area is 74.7 Å². The fourth-order valence-corrected chi connectivity index (χ4v) is 1.51. The van der Waals surface area contributed by atoms with Crippen LogP contribution in [0.5, 0.6) is 0 Å². The van der Waals surface area contributed by atoms with E-state index < -0.39 is 0 Å². The van der Waals surface area contributed by atoms with Crippen LogP contribution in [0.1, 0.15) is 33.6 Å². The molecule has 0 amide bonds. The minimum Gasteiger partial charge on any atom is -0.395 e. The molecule has 2 nitrogen and oxygen atoms in total. The first-order valence-corrected chi connectivity index (χ1v) is 4.60. The highest BCUT2D eigenvalue weighted by molar-refractivity contribution is 5.11. The van der Waals surface area contributed by atoms with Gasteiger partial charge in [-0.15, -0.1) is 0 Å². The van der Waals surface area contributed by atoms with Gasteiger partial charge in [0.2, 0.25) is 0 Å². The molecule has 0 unspecified atom stereocenters. The zero-order valence-electron chi connectivity index (χ0n) is 8.22. The van der Waals surface area contributed by atoms with Crippen LogP contribution in [-0.4, -0.2) is 23.3 Å². The van der Waals surface area contributed by atoms with E-state index in [1.165, 1.54) is 5.57 Å². The molecule has 0 spiro atoms. The van der Waals surface area contributed by atoms with Gasteiger partial charge >= 0.3 is 0 Å². The largest absolute Gasteiger partial charge is 0.395 e. The van der Waals surface area contributed by atoms with Crippen molar-refractivity contribution < 1.29 is 5.11 Å². The van der Waals surface area contributed by atoms with Crippen molar-refractivity contribution in [1.29, 1.82) is 0 Å². The summed E-state index contributed by atoms with van der Waals surface area (Å²) in [6.45, 7) is 6.68. The molecule has 1 rings (SSSR count). The Kier molecular flexibility index (Phi) is 2.91. The highest BCUT2D eigenvalue weighted by Crippen LogP contribution is 2.30. The fourth-order valence-electron chi connectivity index (χ4n) is 1.51. The second-order valence-corrected chi connectivity index (χ2v) is 4.12. The third-order valence-electron chi connectivity index (χ3n) is 2.59. The van der Waals surface area contributed by atoms with Crippen LogP contribution in [0.4, 0.5) is 0 Å². The molecule has 2 heteroatoms. The van der Waals surface area contributed by atoms with Crippen molar-refractivity contribution in [1.82, 2.24) is 5.32 Å². The van der Waals surface area contributed by atoms with E-state index in [4.69, 9.17) is 5.11 Å². The number of allylic oxidation sites excluding steroid dienone is 2. The Bertz CT molecular complexity index is 184. The zero-order chi connectivity index (χ0) is 9.19. The summed E-state index contributed by atoms with van der Waals surface area (Å²) >= 11 is 0. The molecule has 70 valence electrons. The number of rotatable bonds is 4. The molecule has 12 heavy (non-hydrogen) atoms. The van der Waals surface area contributed by atoms with Gasteiger partial charge < -0.3 is 10.4 Å². The number of hydrogen-bond acceptors (Lipinski definition) is 2. The second-order valence-electron chi connectivity index (χ2n) is 4.12. The summed E-state index contributed by atoms with van der Waals surface area (Å²) in [5.74, 6) is 0. The Balaban J connectivity index is 2.21. The SMILES string of the molecule is CC(C)=CCC[C@@]1(C)N[C@H]1CO. The van der Waals surface area contributed by atoms with E-state index >= 15 is 0 Å². The third kappa shape index (κ3) is 2.32. The number of aliphatic hydroxyl groups is 1. The van der Waals surface area contributed by atoms with E-state index in [-0.39, 0.29) is 12.1 Å². The van der Waals surface area contributed by atoms with Gasteiger partial charge in [0.1, 0.15) is 0 Å².